The van der Waals surface area contributed by atoms with E-state index < -0.39 is 6.10 Å². The van der Waals surface area contributed by atoms with Crippen molar-refractivity contribution in [2.45, 2.75) is 32.5 Å². The van der Waals surface area contributed by atoms with Crippen LogP contribution in [0.2, 0.25) is 5.02 Å². The van der Waals surface area contributed by atoms with Gasteiger partial charge in [-0.25, -0.2) is 4.79 Å². The Bertz CT molecular complexity index is 620. The highest BCUT2D eigenvalue weighted by Crippen LogP contribution is 2.22. The van der Waals surface area contributed by atoms with E-state index >= 15 is 0 Å². The molecule has 1 atom stereocenters. The number of methoxy groups -OCH3 is 1. The van der Waals surface area contributed by atoms with Gasteiger partial charge < -0.3 is 9.47 Å². The number of benzene rings is 2. The van der Waals surface area contributed by atoms with Gasteiger partial charge in [-0.05, 0) is 35.2 Å². The normalized spacial score (nSPS) is 12.0. The molecule has 0 amide bonds. The molecular weight excluding hydrogens is 312 g/mol. The summed E-state index contributed by atoms with van der Waals surface area (Å²) in [6, 6.07) is 15.8. The van der Waals surface area contributed by atoms with Gasteiger partial charge in [0.15, 0.2) is 6.10 Å². The van der Waals surface area contributed by atoms with Crippen LogP contribution in [0.15, 0.2) is 48.5 Å². The van der Waals surface area contributed by atoms with Crippen LogP contribution in [0.5, 0.6) is 0 Å². The van der Waals surface area contributed by atoms with Crippen LogP contribution in [0.25, 0.3) is 11.1 Å². The molecular formula is C19H21ClO3. The zero-order chi connectivity index (χ0) is 16.7. The average Bonchev–Trinajstić information content (AvgIpc) is 2.59. The van der Waals surface area contributed by atoms with E-state index in [1.54, 1.807) is 0 Å². The van der Waals surface area contributed by atoms with Crippen LogP contribution >= 0.6 is 11.6 Å². The first-order valence-electron chi connectivity index (χ1n) is 7.68. The van der Waals surface area contributed by atoms with Gasteiger partial charge in [-0.15, -0.1) is 0 Å². The summed E-state index contributed by atoms with van der Waals surface area (Å²) in [5, 5.41) is 0.726. The highest BCUT2D eigenvalue weighted by atomic mass is 35.5. The maximum Gasteiger partial charge on any atom is 0.334 e. The van der Waals surface area contributed by atoms with E-state index in [9.17, 15) is 4.79 Å². The molecule has 122 valence electrons. The Kier molecular flexibility index (Phi) is 6.63. The maximum atomic E-state index is 11.6. The molecule has 0 fully saturated rings. The number of carbonyl (C=O) groups excluding carboxylic acids is 1. The number of hydrogen-bond donors (Lipinski definition) is 0. The smallest absolute Gasteiger partial charge is 0.334 e. The van der Waals surface area contributed by atoms with E-state index in [0.29, 0.717) is 13.0 Å². The van der Waals surface area contributed by atoms with Crippen molar-refractivity contribution in [3.05, 3.63) is 59.1 Å². The topological polar surface area (TPSA) is 35.5 Å². The lowest BCUT2D eigenvalue weighted by molar-refractivity contribution is -0.155. The molecule has 0 saturated carbocycles. The predicted octanol–water partition coefficient (Wildman–Crippen LogP) is 4.87. The third kappa shape index (κ3) is 5.08. The number of hydrogen-bond acceptors (Lipinski definition) is 3. The molecule has 23 heavy (non-hydrogen) atoms. The average molecular weight is 333 g/mol. The second-order valence-corrected chi connectivity index (χ2v) is 5.75. The number of halogens is 1. The standard InChI is InChI=1S/C19H21ClO3/c1-3-4-18(19(21)22-2)23-13-14-5-7-15(8-6-14)16-9-11-17(20)12-10-16/h5-12,18H,3-4,13H2,1-2H3/t18-/m1/s1. The van der Waals surface area contributed by atoms with Crippen molar-refractivity contribution in [2.75, 3.05) is 7.11 Å². The molecule has 0 aromatic heterocycles. The zero-order valence-electron chi connectivity index (χ0n) is 13.4. The summed E-state index contributed by atoms with van der Waals surface area (Å²) in [7, 11) is 1.38. The largest absolute Gasteiger partial charge is 0.467 e. The molecule has 4 heteroatoms. The van der Waals surface area contributed by atoms with Crippen molar-refractivity contribution in [1.82, 2.24) is 0 Å². The number of carbonyl (C=O) groups is 1. The molecule has 2 aromatic carbocycles. The molecule has 2 rings (SSSR count). The van der Waals surface area contributed by atoms with Gasteiger partial charge in [-0.2, -0.15) is 0 Å². The molecule has 0 radical (unpaired) electrons. The second kappa shape index (κ2) is 8.70. The van der Waals surface area contributed by atoms with Crippen LogP contribution in [0.1, 0.15) is 25.3 Å². The first-order valence-corrected chi connectivity index (χ1v) is 8.06. The van der Waals surface area contributed by atoms with E-state index in [0.717, 1.165) is 28.1 Å². The van der Waals surface area contributed by atoms with Gasteiger partial charge in [0, 0.05) is 5.02 Å². The lowest BCUT2D eigenvalue weighted by atomic mass is 10.0. The van der Waals surface area contributed by atoms with E-state index in [2.05, 4.69) is 0 Å². The van der Waals surface area contributed by atoms with Gasteiger partial charge in [-0.3, -0.25) is 0 Å². The Hall–Kier alpha value is -1.84. The van der Waals surface area contributed by atoms with Crippen LogP contribution in [0.3, 0.4) is 0 Å². The Morgan fingerprint density at radius 2 is 1.61 bits per heavy atom. The summed E-state index contributed by atoms with van der Waals surface area (Å²) < 4.78 is 10.5. The summed E-state index contributed by atoms with van der Waals surface area (Å²) in [5.74, 6) is -0.315. The predicted molar refractivity (Wildman–Crippen MR) is 92.4 cm³/mol. The molecule has 0 aliphatic rings. The van der Waals surface area contributed by atoms with Crippen molar-refractivity contribution in [3.8, 4) is 11.1 Å². The van der Waals surface area contributed by atoms with Gasteiger partial charge in [0.25, 0.3) is 0 Å². The molecule has 0 spiro atoms. The van der Waals surface area contributed by atoms with Gasteiger partial charge in [0.2, 0.25) is 0 Å². The number of esters is 1. The highest BCUT2D eigenvalue weighted by molar-refractivity contribution is 6.30. The SMILES string of the molecule is CCC[C@@H](OCc1ccc(-c2ccc(Cl)cc2)cc1)C(=O)OC. The zero-order valence-corrected chi connectivity index (χ0v) is 14.2. The van der Waals surface area contributed by atoms with Gasteiger partial charge in [-0.1, -0.05) is 61.3 Å². The molecule has 0 aliphatic carbocycles. The molecule has 0 unspecified atom stereocenters. The number of rotatable bonds is 7. The molecule has 0 heterocycles. The lowest BCUT2D eigenvalue weighted by Gasteiger charge is -2.15. The molecule has 0 aliphatic heterocycles. The van der Waals surface area contributed by atoms with Crippen molar-refractivity contribution < 1.29 is 14.3 Å². The molecule has 0 bridgehead atoms. The minimum absolute atomic E-state index is 0.315. The second-order valence-electron chi connectivity index (χ2n) is 5.32. The summed E-state index contributed by atoms with van der Waals surface area (Å²) in [4.78, 5) is 11.6. The Morgan fingerprint density at radius 1 is 1.04 bits per heavy atom. The molecule has 0 saturated heterocycles. The summed E-state index contributed by atoms with van der Waals surface area (Å²) in [5.41, 5.74) is 3.25. The van der Waals surface area contributed by atoms with Crippen LogP contribution in [0, 0.1) is 0 Å². The Balaban J connectivity index is 1.99. The van der Waals surface area contributed by atoms with E-state index in [-0.39, 0.29) is 5.97 Å². The van der Waals surface area contributed by atoms with Gasteiger partial charge >= 0.3 is 5.97 Å². The Labute approximate surface area is 142 Å². The van der Waals surface area contributed by atoms with Gasteiger partial charge in [0.05, 0.1) is 13.7 Å². The van der Waals surface area contributed by atoms with Gasteiger partial charge in [0.1, 0.15) is 0 Å². The van der Waals surface area contributed by atoms with Crippen molar-refractivity contribution in [3.63, 3.8) is 0 Å². The van der Waals surface area contributed by atoms with Crippen molar-refractivity contribution in [2.24, 2.45) is 0 Å². The quantitative estimate of drug-likeness (QED) is 0.679. The fourth-order valence-corrected chi connectivity index (χ4v) is 2.42. The van der Waals surface area contributed by atoms with E-state index in [1.807, 2.05) is 55.5 Å². The maximum absolute atomic E-state index is 11.6. The van der Waals surface area contributed by atoms with Crippen LogP contribution in [-0.4, -0.2) is 19.2 Å². The minimum atomic E-state index is -0.499. The monoisotopic (exact) mass is 332 g/mol. The third-order valence-corrected chi connectivity index (χ3v) is 3.85. The minimum Gasteiger partial charge on any atom is -0.467 e. The summed E-state index contributed by atoms with van der Waals surface area (Å²) >= 11 is 5.90. The van der Waals surface area contributed by atoms with Crippen molar-refractivity contribution >= 4 is 17.6 Å². The first-order chi connectivity index (χ1) is 11.1. The Morgan fingerprint density at radius 3 is 2.13 bits per heavy atom. The lowest BCUT2D eigenvalue weighted by Crippen LogP contribution is -2.25. The third-order valence-electron chi connectivity index (χ3n) is 3.60. The molecule has 3 nitrogen and oxygen atoms in total. The fourth-order valence-electron chi connectivity index (χ4n) is 2.30. The van der Waals surface area contributed by atoms with Crippen LogP contribution < -0.4 is 0 Å². The van der Waals surface area contributed by atoms with Crippen LogP contribution in [0.4, 0.5) is 0 Å². The highest BCUT2D eigenvalue weighted by Gasteiger charge is 2.18. The van der Waals surface area contributed by atoms with E-state index in [4.69, 9.17) is 21.1 Å². The summed E-state index contributed by atoms with van der Waals surface area (Å²) in [6.45, 7) is 2.40. The first kappa shape index (κ1) is 17.5. The fraction of sp³-hybridized carbons (Fsp3) is 0.316. The van der Waals surface area contributed by atoms with E-state index in [1.165, 1.54) is 7.11 Å². The summed E-state index contributed by atoms with van der Waals surface area (Å²) in [6.07, 6.45) is 1.03. The molecule has 2 aromatic rings. The van der Waals surface area contributed by atoms with Crippen molar-refractivity contribution in [1.29, 1.82) is 0 Å². The molecule has 0 N–H and O–H groups in total. The number of ether oxygens (including phenoxy) is 2. The van der Waals surface area contributed by atoms with Crippen LogP contribution in [-0.2, 0) is 20.9 Å².